The van der Waals surface area contributed by atoms with Crippen LogP contribution in [-0.2, 0) is 9.47 Å². The second kappa shape index (κ2) is 6.39. The number of nitrogens with two attached hydrogens (primary N) is 1. The van der Waals surface area contributed by atoms with Crippen molar-refractivity contribution in [3.63, 3.8) is 0 Å². The van der Waals surface area contributed by atoms with Gasteiger partial charge in [0.15, 0.2) is 0 Å². The van der Waals surface area contributed by atoms with Crippen molar-refractivity contribution in [2.75, 3.05) is 19.8 Å². The quantitative estimate of drug-likeness (QED) is 0.903. The Labute approximate surface area is 134 Å². The Morgan fingerprint density at radius 2 is 2.05 bits per heavy atom. The van der Waals surface area contributed by atoms with E-state index in [1.807, 2.05) is 0 Å². The van der Waals surface area contributed by atoms with E-state index >= 15 is 0 Å². The first-order valence-electron chi connectivity index (χ1n) is 7.38. The molecule has 3 heterocycles. The molecule has 1 aromatic rings. The average Bonchev–Trinajstić information content (AvgIpc) is 2.47. The number of rotatable bonds is 2. The van der Waals surface area contributed by atoms with Gasteiger partial charge in [0, 0.05) is 26.0 Å². The molecule has 0 saturated carbocycles. The molecule has 1 aromatic heterocycles. The highest BCUT2D eigenvalue weighted by atomic mass is 35.5. The predicted octanol–water partition coefficient (Wildman–Crippen LogP) is 3.36. The number of ether oxygens (including phenoxy) is 2. The lowest BCUT2D eigenvalue weighted by atomic mass is 9.77. The van der Waals surface area contributed by atoms with Crippen LogP contribution in [0.4, 0.5) is 0 Å². The molecule has 2 fully saturated rings. The average molecular weight is 331 g/mol. The molecule has 0 aromatic carbocycles. The molecule has 4 nitrogen and oxygen atoms in total. The van der Waals surface area contributed by atoms with Gasteiger partial charge in [-0.2, -0.15) is 0 Å². The van der Waals surface area contributed by atoms with Crippen molar-refractivity contribution in [3.8, 4) is 0 Å². The summed E-state index contributed by atoms with van der Waals surface area (Å²) in [6.45, 7) is 2.27. The number of pyridine rings is 1. The molecule has 2 saturated heterocycles. The second-order valence-corrected chi connectivity index (χ2v) is 6.79. The summed E-state index contributed by atoms with van der Waals surface area (Å²) in [6.07, 6.45) is 5.37. The summed E-state index contributed by atoms with van der Waals surface area (Å²) in [5, 5.41) is 1.08. The first-order chi connectivity index (χ1) is 10.1. The molecule has 2 aliphatic rings. The molecule has 6 heteroatoms. The molecule has 1 spiro atoms. The van der Waals surface area contributed by atoms with E-state index in [-0.39, 0.29) is 11.6 Å². The summed E-state index contributed by atoms with van der Waals surface area (Å²) >= 11 is 12.1. The Hall–Kier alpha value is -0.390. The largest absolute Gasteiger partial charge is 0.381 e. The zero-order valence-corrected chi connectivity index (χ0v) is 13.4. The van der Waals surface area contributed by atoms with Crippen LogP contribution in [0.1, 0.15) is 37.4 Å². The summed E-state index contributed by atoms with van der Waals surface area (Å²) < 4.78 is 11.5. The SMILES string of the molecule is NC(c1ncc(Cl)cc1Cl)C1CCOC2(CCOCC2)C1. The van der Waals surface area contributed by atoms with Crippen molar-refractivity contribution in [2.45, 2.75) is 37.3 Å². The van der Waals surface area contributed by atoms with Gasteiger partial charge in [-0.25, -0.2) is 0 Å². The van der Waals surface area contributed by atoms with Gasteiger partial charge < -0.3 is 15.2 Å². The zero-order valence-electron chi connectivity index (χ0n) is 11.9. The summed E-state index contributed by atoms with van der Waals surface area (Å²) in [4.78, 5) is 4.33. The van der Waals surface area contributed by atoms with Gasteiger partial charge in [0.2, 0.25) is 0 Å². The fourth-order valence-corrected chi connectivity index (χ4v) is 3.86. The molecular weight excluding hydrogens is 311 g/mol. The van der Waals surface area contributed by atoms with E-state index in [0.29, 0.717) is 16.0 Å². The van der Waals surface area contributed by atoms with Crippen molar-refractivity contribution in [2.24, 2.45) is 11.7 Å². The fraction of sp³-hybridized carbons (Fsp3) is 0.667. The summed E-state index contributed by atoms with van der Waals surface area (Å²) in [5.74, 6) is 0.322. The Bertz CT molecular complexity index is 501. The number of nitrogens with zero attached hydrogens (tertiary/aromatic N) is 1. The highest BCUT2D eigenvalue weighted by molar-refractivity contribution is 6.34. The summed E-state index contributed by atoms with van der Waals surface area (Å²) in [5.41, 5.74) is 7.09. The van der Waals surface area contributed by atoms with Crippen LogP contribution in [0, 0.1) is 5.92 Å². The van der Waals surface area contributed by atoms with Crippen LogP contribution < -0.4 is 5.73 Å². The monoisotopic (exact) mass is 330 g/mol. The fourth-order valence-electron chi connectivity index (χ4n) is 3.36. The minimum atomic E-state index is -0.182. The highest BCUT2D eigenvalue weighted by Gasteiger charge is 2.41. The number of hydrogen-bond acceptors (Lipinski definition) is 4. The Morgan fingerprint density at radius 1 is 1.29 bits per heavy atom. The minimum absolute atomic E-state index is 0.0717. The number of halogens is 2. The smallest absolute Gasteiger partial charge is 0.0760 e. The number of hydrogen-bond donors (Lipinski definition) is 1. The third-order valence-corrected chi connectivity index (χ3v) is 5.10. The van der Waals surface area contributed by atoms with Crippen molar-refractivity contribution < 1.29 is 9.47 Å². The van der Waals surface area contributed by atoms with Crippen LogP contribution in [0.15, 0.2) is 12.3 Å². The van der Waals surface area contributed by atoms with E-state index in [1.54, 1.807) is 12.3 Å². The third kappa shape index (κ3) is 3.35. The van der Waals surface area contributed by atoms with Gasteiger partial charge >= 0.3 is 0 Å². The van der Waals surface area contributed by atoms with Crippen molar-refractivity contribution >= 4 is 23.2 Å². The third-order valence-electron chi connectivity index (χ3n) is 4.59. The van der Waals surface area contributed by atoms with Crippen LogP contribution in [-0.4, -0.2) is 30.4 Å². The van der Waals surface area contributed by atoms with Gasteiger partial charge in [-0.1, -0.05) is 23.2 Å². The van der Waals surface area contributed by atoms with Crippen LogP contribution in [0.25, 0.3) is 0 Å². The van der Waals surface area contributed by atoms with Crippen LogP contribution in [0.3, 0.4) is 0 Å². The van der Waals surface area contributed by atoms with Crippen molar-refractivity contribution in [3.05, 3.63) is 28.0 Å². The lowest BCUT2D eigenvalue weighted by Gasteiger charge is -2.44. The van der Waals surface area contributed by atoms with Gasteiger partial charge in [0.1, 0.15) is 0 Å². The maximum absolute atomic E-state index is 6.43. The van der Waals surface area contributed by atoms with Gasteiger partial charge in [-0.3, -0.25) is 4.98 Å². The highest BCUT2D eigenvalue weighted by Crippen LogP contribution is 2.41. The molecule has 2 N–H and O–H groups in total. The van der Waals surface area contributed by atoms with Gasteiger partial charge in [0.05, 0.1) is 27.4 Å². The van der Waals surface area contributed by atoms with E-state index in [0.717, 1.165) is 51.2 Å². The van der Waals surface area contributed by atoms with Gasteiger partial charge in [-0.05, 0) is 37.7 Å². The van der Waals surface area contributed by atoms with Crippen LogP contribution >= 0.6 is 23.2 Å². The molecule has 3 rings (SSSR count). The molecule has 2 aliphatic heterocycles. The lowest BCUT2D eigenvalue weighted by Crippen LogP contribution is -2.46. The predicted molar refractivity (Wildman–Crippen MR) is 82.6 cm³/mol. The Morgan fingerprint density at radius 3 is 2.76 bits per heavy atom. The summed E-state index contributed by atoms with van der Waals surface area (Å²) in [7, 11) is 0. The van der Waals surface area contributed by atoms with Crippen molar-refractivity contribution in [1.29, 1.82) is 0 Å². The Balaban J connectivity index is 1.76. The molecule has 116 valence electrons. The standard InChI is InChI=1S/C15H20Cl2N2O2/c16-11-7-12(17)14(19-9-11)13(18)10-1-4-21-15(8-10)2-5-20-6-3-15/h7,9-10,13H,1-6,8,18H2. The molecule has 2 atom stereocenters. The van der Waals surface area contributed by atoms with Gasteiger partial charge in [-0.15, -0.1) is 0 Å². The van der Waals surface area contributed by atoms with E-state index < -0.39 is 0 Å². The van der Waals surface area contributed by atoms with Crippen molar-refractivity contribution in [1.82, 2.24) is 4.98 Å². The zero-order chi connectivity index (χ0) is 14.9. The molecular formula is C15H20Cl2N2O2. The van der Waals surface area contributed by atoms with E-state index in [1.165, 1.54) is 0 Å². The summed E-state index contributed by atoms with van der Waals surface area (Å²) in [6, 6.07) is 1.52. The molecule has 21 heavy (non-hydrogen) atoms. The molecule has 0 aliphatic carbocycles. The first-order valence-corrected chi connectivity index (χ1v) is 8.13. The lowest BCUT2D eigenvalue weighted by molar-refractivity contribution is -0.149. The topological polar surface area (TPSA) is 57.4 Å². The normalized spacial score (nSPS) is 26.7. The van der Waals surface area contributed by atoms with Crippen LogP contribution in [0.2, 0.25) is 10.0 Å². The minimum Gasteiger partial charge on any atom is -0.381 e. The Kier molecular flexibility index (Phi) is 4.71. The van der Waals surface area contributed by atoms with Crippen LogP contribution in [0.5, 0.6) is 0 Å². The van der Waals surface area contributed by atoms with E-state index in [9.17, 15) is 0 Å². The van der Waals surface area contributed by atoms with Gasteiger partial charge in [0.25, 0.3) is 0 Å². The molecule has 0 amide bonds. The maximum Gasteiger partial charge on any atom is 0.0760 e. The van der Waals surface area contributed by atoms with E-state index in [4.69, 9.17) is 38.4 Å². The first kappa shape index (κ1) is 15.5. The molecule has 0 radical (unpaired) electrons. The van der Waals surface area contributed by atoms with E-state index in [2.05, 4.69) is 4.98 Å². The number of aromatic nitrogens is 1. The molecule has 0 bridgehead atoms. The maximum atomic E-state index is 6.43. The second-order valence-electron chi connectivity index (χ2n) is 5.94. The molecule has 2 unspecified atom stereocenters.